The summed E-state index contributed by atoms with van der Waals surface area (Å²) in [6.45, 7) is 8.54. The van der Waals surface area contributed by atoms with E-state index < -0.39 is 0 Å². The third kappa shape index (κ3) is 2.76. The molecule has 1 heteroatoms. The van der Waals surface area contributed by atoms with Gasteiger partial charge in [-0.2, -0.15) is 0 Å². The monoisotopic (exact) mass is 192 g/mol. The Morgan fingerprint density at radius 2 is 2.00 bits per heavy atom. The third-order valence-electron chi connectivity index (χ3n) is 2.50. The maximum Gasteiger partial charge on any atom is 0.122 e. The Balaban J connectivity index is 2.85. The van der Waals surface area contributed by atoms with Crippen molar-refractivity contribution >= 4 is 0 Å². The third-order valence-corrected chi connectivity index (χ3v) is 2.50. The Kier molecular flexibility index (Phi) is 3.99. The standard InChI is InChI=1S/C13H20O/c1-5-11(4)14-13-8-7-10(3)9-12(13)6-2/h7-9,11H,5-6H2,1-4H3. The lowest BCUT2D eigenvalue weighted by Crippen LogP contribution is -2.11. The number of ether oxygens (including phenoxy) is 1. The SMILES string of the molecule is CCc1cc(C)ccc1OC(C)CC. The molecule has 0 bridgehead atoms. The quantitative estimate of drug-likeness (QED) is 0.706. The van der Waals surface area contributed by atoms with E-state index in [-0.39, 0.29) is 0 Å². The van der Waals surface area contributed by atoms with Crippen LogP contribution in [0.3, 0.4) is 0 Å². The Labute approximate surface area is 87.1 Å². The van der Waals surface area contributed by atoms with E-state index in [1.807, 2.05) is 0 Å². The molecule has 0 aliphatic carbocycles. The van der Waals surface area contributed by atoms with Crippen molar-refractivity contribution in [3.8, 4) is 5.75 Å². The van der Waals surface area contributed by atoms with Crippen LogP contribution < -0.4 is 4.74 Å². The van der Waals surface area contributed by atoms with Crippen LogP contribution in [0, 0.1) is 6.92 Å². The van der Waals surface area contributed by atoms with Crippen LogP contribution in [-0.4, -0.2) is 6.10 Å². The number of hydrogen-bond donors (Lipinski definition) is 0. The van der Waals surface area contributed by atoms with Gasteiger partial charge in [-0.3, -0.25) is 0 Å². The lowest BCUT2D eigenvalue weighted by molar-refractivity contribution is 0.215. The Bertz CT molecular complexity index is 291. The van der Waals surface area contributed by atoms with E-state index in [2.05, 4.69) is 45.9 Å². The largest absolute Gasteiger partial charge is 0.490 e. The van der Waals surface area contributed by atoms with Crippen molar-refractivity contribution in [1.82, 2.24) is 0 Å². The Hall–Kier alpha value is -0.980. The van der Waals surface area contributed by atoms with Crippen molar-refractivity contribution in [2.45, 2.75) is 46.6 Å². The highest BCUT2D eigenvalue weighted by molar-refractivity contribution is 5.36. The molecule has 0 radical (unpaired) electrons. The topological polar surface area (TPSA) is 9.23 Å². The molecule has 0 saturated carbocycles. The van der Waals surface area contributed by atoms with Gasteiger partial charge in [0.05, 0.1) is 6.10 Å². The second-order valence-electron chi connectivity index (χ2n) is 3.80. The highest BCUT2D eigenvalue weighted by Gasteiger charge is 2.05. The Morgan fingerprint density at radius 1 is 1.29 bits per heavy atom. The molecule has 78 valence electrons. The maximum absolute atomic E-state index is 5.84. The molecule has 0 fully saturated rings. The number of hydrogen-bond acceptors (Lipinski definition) is 1. The van der Waals surface area contributed by atoms with Crippen LogP contribution in [0.4, 0.5) is 0 Å². The van der Waals surface area contributed by atoms with Gasteiger partial charge < -0.3 is 4.74 Å². The molecule has 1 aromatic rings. The fraction of sp³-hybridized carbons (Fsp3) is 0.538. The molecule has 0 amide bonds. The second-order valence-corrected chi connectivity index (χ2v) is 3.80. The second kappa shape index (κ2) is 5.04. The summed E-state index contributed by atoms with van der Waals surface area (Å²) in [6.07, 6.45) is 2.40. The van der Waals surface area contributed by atoms with Gasteiger partial charge in [-0.1, -0.05) is 31.5 Å². The highest BCUT2D eigenvalue weighted by atomic mass is 16.5. The van der Waals surface area contributed by atoms with E-state index in [0.717, 1.165) is 18.6 Å². The first-order chi connectivity index (χ1) is 6.67. The van der Waals surface area contributed by atoms with Gasteiger partial charge in [0.1, 0.15) is 5.75 Å². The lowest BCUT2D eigenvalue weighted by Gasteiger charge is -2.15. The summed E-state index contributed by atoms with van der Waals surface area (Å²) in [5.41, 5.74) is 2.61. The first-order valence-corrected chi connectivity index (χ1v) is 5.43. The molecule has 0 N–H and O–H groups in total. The molecule has 0 saturated heterocycles. The molecule has 1 aromatic carbocycles. The fourth-order valence-electron chi connectivity index (χ4n) is 1.40. The summed E-state index contributed by atoms with van der Waals surface area (Å²) in [5, 5.41) is 0. The minimum Gasteiger partial charge on any atom is -0.490 e. The lowest BCUT2D eigenvalue weighted by atomic mass is 10.1. The van der Waals surface area contributed by atoms with E-state index in [9.17, 15) is 0 Å². The van der Waals surface area contributed by atoms with Gasteiger partial charge in [0, 0.05) is 0 Å². The summed E-state index contributed by atoms with van der Waals surface area (Å²) in [6, 6.07) is 6.40. The van der Waals surface area contributed by atoms with Gasteiger partial charge in [-0.05, 0) is 38.3 Å². The molecule has 0 aromatic heterocycles. The van der Waals surface area contributed by atoms with Crippen LogP contribution in [0.1, 0.15) is 38.3 Å². The molecule has 1 atom stereocenters. The molecule has 1 nitrogen and oxygen atoms in total. The van der Waals surface area contributed by atoms with Crippen LogP contribution in [0.25, 0.3) is 0 Å². The van der Waals surface area contributed by atoms with Crippen molar-refractivity contribution in [2.75, 3.05) is 0 Å². The van der Waals surface area contributed by atoms with Crippen LogP contribution in [0.2, 0.25) is 0 Å². The molecule has 0 spiro atoms. The van der Waals surface area contributed by atoms with Gasteiger partial charge in [0.15, 0.2) is 0 Å². The van der Waals surface area contributed by atoms with Crippen molar-refractivity contribution < 1.29 is 4.74 Å². The van der Waals surface area contributed by atoms with E-state index in [1.54, 1.807) is 0 Å². The average molecular weight is 192 g/mol. The molecule has 1 unspecified atom stereocenters. The van der Waals surface area contributed by atoms with E-state index in [0.29, 0.717) is 6.10 Å². The summed E-state index contributed by atoms with van der Waals surface area (Å²) in [7, 11) is 0. The molecule has 0 aliphatic heterocycles. The molecular weight excluding hydrogens is 172 g/mol. The molecular formula is C13H20O. The zero-order valence-corrected chi connectivity index (χ0v) is 9.63. The average Bonchev–Trinajstić information content (AvgIpc) is 2.20. The number of rotatable bonds is 4. The predicted octanol–water partition coefficient (Wildman–Crippen LogP) is 3.73. The minimum absolute atomic E-state index is 0.308. The van der Waals surface area contributed by atoms with Crippen molar-refractivity contribution in [2.24, 2.45) is 0 Å². The van der Waals surface area contributed by atoms with Crippen LogP contribution in [0.15, 0.2) is 18.2 Å². The van der Waals surface area contributed by atoms with Crippen molar-refractivity contribution in [1.29, 1.82) is 0 Å². The van der Waals surface area contributed by atoms with Crippen LogP contribution >= 0.6 is 0 Å². The normalized spacial score (nSPS) is 12.6. The van der Waals surface area contributed by atoms with Crippen molar-refractivity contribution in [3.63, 3.8) is 0 Å². The molecule has 0 aliphatic rings. The van der Waals surface area contributed by atoms with Crippen LogP contribution in [0.5, 0.6) is 5.75 Å². The molecule has 1 rings (SSSR count). The Morgan fingerprint density at radius 3 is 2.57 bits per heavy atom. The fourth-order valence-corrected chi connectivity index (χ4v) is 1.40. The zero-order valence-electron chi connectivity index (χ0n) is 9.63. The van der Waals surface area contributed by atoms with Gasteiger partial charge >= 0.3 is 0 Å². The zero-order chi connectivity index (χ0) is 10.6. The maximum atomic E-state index is 5.84. The van der Waals surface area contributed by atoms with E-state index in [4.69, 9.17) is 4.74 Å². The van der Waals surface area contributed by atoms with E-state index >= 15 is 0 Å². The first-order valence-electron chi connectivity index (χ1n) is 5.43. The summed E-state index contributed by atoms with van der Waals surface area (Å²) >= 11 is 0. The smallest absolute Gasteiger partial charge is 0.122 e. The van der Waals surface area contributed by atoms with Gasteiger partial charge in [-0.15, -0.1) is 0 Å². The van der Waals surface area contributed by atoms with Crippen molar-refractivity contribution in [3.05, 3.63) is 29.3 Å². The summed E-state index contributed by atoms with van der Waals surface area (Å²) < 4.78 is 5.84. The first kappa shape index (κ1) is 11.1. The summed E-state index contributed by atoms with van der Waals surface area (Å²) in [4.78, 5) is 0. The van der Waals surface area contributed by atoms with Gasteiger partial charge in [-0.25, -0.2) is 0 Å². The van der Waals surface area contributed by atoms with E-state index in [1.165, 1.54) is 11.1 Å². The highest BCUT2D eigenvalue weighted by Crippen LogP contribution is 2.22. The minimum atomic E-state index is 0.308. The molecule has 14 heavy (non-hydrogen) atoms. The van der Waals surface area contributed by atoms with Crippen LogP contribution in [-0.2, 0) is 6.42 Å². The summed E-state index contributed by atoms with van der Waals surface area (Å²) in [5.74, 6) is 1.05. The number of aryl methyl sites for hydroxylation is 2. The number of benzene rings is 1. The molecule has 0 heterocycles. The van der Waals surface area contributed by atoms with Gasteiger partial charge in [0.25, 0.3) is 0 Å². The predicted molar refractivity (Wildman–Crippen MR) is 60.9 cm³/mol. The van der Waals surface area contributed by atoms with Gasteiger partial charge in [0.2, 0.25) is 0 Å².